The van der Waals surface area contributed by atoms with Gasteiger partial charge >= 0.3 is 5.97 Å². The summed E-state index contributed by atoms with van der Waals surface area (Å²) in [5.41, 5.74) is 6.35. The van der Waals surface area contributed by atoms with Gasteiger partial charge in [-0.3, -0.25) is 9.80 Å². The average Bonchev–Trinajstić information content (AvgIpc) is 2.97. The van der Waals surface area contributed by atoms with E-state index < -0.39 is 22.0 Å². The van der Waals surface area contributed by atoms with E-state index in [1.165, 1.54) is 7.11 Å². The zero-order valence-electron chi connectivity index (χ0n) is 22.7. The molecule has 5 rings (SSSR count). The summed E-state index contributed by atoms with van der Waals surface area (Å²) in [6.07, 6.45) is 2.05. The highest BCUT2D eigenvalue weighted by Gasteiger charge is 2.39. The molecular weight excluding hydrogens is 520 g/mol. The summed E-state index contributed by atoms with van der Waals surface area (Å²) < 4.78 is 32.8. The van der Waals surface area contributed by atoms with Gasteiger partial charge in [0.2, 0.25) is 0 Å². The summed E-state index contributed by atoms with van der Waals surface area (Å²) >= 11 is 0. The van der Waals surface area contributed by atoms with Gasteiger partial charge in [0.25, 0.3) is 10.0 Å². The Morgan fingerprint density at radius 3 is 2.10 bits per heavy atom. The van der Waals surface area contributed by atoms with Gasteiger partial charge in [-0.05, 0) is 54.3 Å². The summed E-state index contributed by atoms with van der Waals surface area (Å²) in [5.74, 6) is -0.803. The van der Waals surface area contributed by atoms with Crippen molar-refractivity contribution in [2.75, 3.05) is 7.11 Å². The number of methoxy groups -OCH3 is 1. The standard InChI is InChI=1S/C33H32N2O4S/c1-23-13-17-25(18-14-23)30(22-32(36)39-3)33-29-12-8-7-11-27(29)21-31(26-9-5-4-6-10-26)35(33)34-40(37,38)28-19-15-24(2)16-20-28/h4-21,30,33-34H,22H2,1-3H3. The Labute approximate surface area is 236 Å². The minimum absolute atomic E-state index is 0.0589. The normalized spacial score (nSPS) is 15.6. The lowest BCUT2D eigenvalue weighted by Crippen LogP contribution is -2.46. The van der Waals surface area contributed by atoms with E-state index >= 15 is 0 Å². The Kier molecular flexibility index (Phi) is 7.87. The Balaban J connectivity index is 1.72. The topological polar surface area (TPSA) is 75.7 Å². The number of sulfonamides is 1. The first-order valence-corrected chi connectivity index (χ1v) is 14.6. The number of ether oxygens (including phenoxy) is 1. The van der Waals surface area contributed by atoms with E-state index in [-0.39, 0.29) is 17.3 Å². The first-order chi connectivity index (χ1) is 19.3. The van der Waals surface area contributed by atoms with Crippen molar-refractivity contribution in [3.05, 3.63) is 137 Å². The van der Waals surface area contributed by atoms with Crippen LogP contribution in [0.2, 0.25) is 0 Å². The molecule has 0 amide bonds. The summed E-state index contributed by atoms with van der Waals surface area (Å²) in [4.78, 5) is 15.9. The van der Waals surface area contributed by atoms with Gasteiger partial charge in [0.05, 0.1) is 30.2 Å². The molecule has 0 saturated carbocycles. The number of carbonyl (C=O) groups excluding carboxylic acids is 1. The fourth-order valence-electron chi connectivity index (χ4n) is 5.14. The predicted molar refractivity (Wildman–Crippen MR) is 157 cm³/mol. The number of hydrogen-bond acceptors (Lipinski definition) is 5. The average molecular weight is 553 g/mol. The van der Waals surface area contributed by atoms with Gasteiger partial charge in [-0.2, -0.15) is 0 Å². The minimum Gasteiger partial charge on any atom is -0.469 e. The van der Waals surface area contributed by atoms with Crippen LogP contribution in [-0.4, -0.2) is 26.5 Å². The van der Waals surface area contributed by atoms with Crippen LogP contribution in [0.4, 0.5) is 0 Å². The number of carbonyl (C=O) groups is 1. The van der Waals surface area contributed by atoms with Crippen LogP contribution in [0, 0.1) is 13.8 Å². The zero-order chi connectivity index (χ0) is 28.3. The molecule has 4 aromatic rings. The molecule has 0 radical (unpaired) electrons. The lowest BCUT2D eigenvalue weighted by molar-refractivity contribution is -0.141. The molecule has 6 nitrogen and oxygen atoms in total. The highest BCUT2D eigenvalue weighted by molar-refractivity contribution is 7.89. The second-order valence-corrected chi connectivity index (χ2v) is 11.7. The Bertz CT molecular complexity index is 1630. The fourth-order valence-corrected chi connectivity index (χ4v) is 6.21. The van der Waals surface area contributed by atoms with Crippen molar-refractivity contribution in [3.63, 3.8) is 0 Å². The molecular formula is C33H32N2O4S. The summed E-state index contributed by atoms with van der Waals surface area (Å²) in [7, 11) is -2.62. The van der Waals surface area contributed by atoms with Gasteiger partial charge in [0.1, 0.15) is 0 Å². The summed E-state index contributed by atoms with van der Waals surface area (Å²) in [6.45, 7) is 3.92. The maximum atomic E-state index is 13.9. The molecule has 1 heterocycles. The third kappa shape index (κ3) is 5.71. The monoisotopic (exact) mass is 552 g/mol. The highest BCUT2D eigenvalue weighted by atomic mass is 32.2. The molecule has 0 bridgehead atoms. The summed E-state index contributed by atoms with van der Waals surface area (Å²) in [5, 5.41) is 1.71. The number of hydrogen-bond donors (Lipinski definition) is 1. The summed E-state index contributed by atoms with van der Waals surface area (Å²) in [6, 6.07) is 31.8. The van der Waals surface area contributed by atoms with Crippen molar-refractivity contribution in [2.24, 2.45) is 0 Å². The second kappa shape index (κ2) is 11.5. The van der Waals surface area contributed by atoms with Crippen molar-refractivity contribution < 1.29 is 17.9 Å². The van der Waals surface area contributed by atoms with Crippen LogP contribution >= 0.6 is 0 Å². The number of benzene rings is 4. The molecule has 0 aromatic heterocycles. The Morgan fingerprint density at radius 2 is 1.45 bits per heavy atom. The molecule has 7 heteroatoms. The molecule has 4 aromatic carbocycles. The van der Waals surface area contributed by atoms with E-state index in [2.05, 4.69) is 4.83 Å². The van der Waals surface area contributed by atoms with Crippen LogP contribution in [0.25, 0.3) is 11.8 Å². The van der Waals surface area contributed by atoms with Crippen LogP contribution in [-0.2, 0) is 19.6 Å². The van der Waals surface area contributed by atoms with Gasteiger partial charge in [-0.25, -0.2) is 8.42 Å². The second-order valence-electron chi connectivity index (χ2n) is 10.0. The van der Waals surface area contributed by atoms with Gasteiger partial charge in [-0.15, -0.1) is 4.83 Å². The number of aryl methyl sites for hydroxylation is 2. The maximum Gasteiger partial charge on any atom is 0.306 e. The van der Waals surface area contributed by atoms with Crippen LogP contribution in [0.3, 0.4) is 0 Å². The molecule has 1 aliphatic heterocycles. The minimum atomic E-state index is -3.99. The van der Waals surface area contributed by atoms with E-state index in [1.54, 1.807) is 29.3 Å². The van der Waals surface area contributed by atoms with E-state index in [1.807, 2.05) is 98.8 Å². The highest BCUT2D eigenvalue weighted by Crippen LogP contribution is 2.46. The van der Waals surface area contributed by atoms with Crippen LogP contribution in [0.1, 0.15) is 51.8 Å². The molecule has 0 aliphatic carbocycles. The number of hydrazine groups is 1. The maximum absolute atomic E-state index is 13.9. The van der Waals surface area contributed by atoms with Crippen LogP contribution in [0.15, 0.2) is 108 Å². The third-order valence-corrected chi connectivity index (χ3v) is 8.59. The third-order valence-electron chi connectivity index (χ3n) is 7.26. The van der Waals surface area contributed by atoms with E-state index in [0.29, 0.717) is 5.70 Å². The van der Waals surface area contributed by atoms with Gasteiger partial charge in [-0.1, -0.05) is 102 Å². The number of nitrogens with zero attached hydrogens (tertiary/aromatic N) is 1. The Morgan fingerprint density at radius 1 is 0.850 bits per heavy atom. The van der Waals surface area contributed by atoms with E-state index in [4.69, 9.17) is 4.74 Å². The largest absolute Gasteiger partial charge is 0.469 e. The first kappa shape index (κ1) is 27.4. The quantitative estimate of drug-likeness (QED) is 0.256. The lowest BCUT2D eigenvalue weighted by Gasteiger charge is -2.43. The van der Waals surface area contributed by atoms with Gasteiger partial charge in [0.15, 0.2) is 0 Å². The predicted octanol–water partition coefficient (Wildman–Crippen LogP) is 6.40. The number of nitrogens with one attached hydrogen (secondary N) is 1. The van der Waals surface area contributed by atoms with Crippen molar-refractivity contribution >= 4 is 27.8 Å². The van der Waals surface area contributed by atoms with Crippen LogP contribution < -0.4 is 4.83 Å². The van der Waals surface area contributed by atoms with Gasteiger partial charge in [0, 0.05) is 5.92 Å². The molecule has 40 heavy (non-hydrogen) atoms. The van der Waals surface area contributed by atoms with Crippen LogP contribution in [0.5, 0.6) is 0 Å². The zero-order valence-corrected chi connectivity index (χ0v) is 23.6. The molecule has 0 saturated heterocycles. The van der Waals surface area contributed by atoms with E-state index in [0.717, 1.165) is 33.4 Å². The molecule has 1 N–H and O–H groups in total. The lowest BCUT2D eigenvalue weighted by atomic mass is 9.80. The molecule has 2 atom stereocenters. The number of fused-ring (bicyclic) bond motifs is 1. The van der Waals surface area contributed by atoms with Crippen molar-refractivity contribution in [1.82, 2.24) is 9.84 Å². The first-order valence-electron chi connectivity index (χ1n) is 13.1. The number of esters is 1. The van der Waals surface area contributed by atoms with Gasteiger partial charge < -0.3 is 4.74 Å². The molecule has 0 spiro atoms. The van der Waals surface area contributed by atoms with Crippen molar-refractivity contribution in [1.29, 1.82) is 0 Å². The van der Waals surface area contributed by atoms with E-state index in [9.17, 15) is 13.2 Å². The van der Waals surface area contributed by atoms with Crippen molar-refractivity contribution in [2.45, 2.75) is 37.1 Å². The fraction of sp³-hybridized carbons (Fsp3) is 0.182. The molecule has 1 aliphatic rings. The number of rotatable bonds is 8. The molecule has 204 valence electrons. The molecule has 0 fully saturated rings. The smallest absolute Gasteiger partial charge is 0.306 e. The SMILES string of the molecule is COC(=O)CC(c1ccc(C)cc1)C1c2ccccc2C=C(c2ccccc2)N1NS(=O)(=O)c1ccc(C)cc1. The van der Waals surface area contributed by atoms with Crippen molar-refractivity contribution in [3.8, 4) is 0 Å². The molecule has 2 unspecified atom stereocenters. The Hall–Kier alpha value is -4.20.